The number of hydrogen-bond acceptors (Lipinski definition) is 9. The molecule has 1 atom stereocenters. The van der Waals surface area contributed by atoms with Gasteiger partial charge in [0.05, 0.1) is 27.8 Å². The monoisotopic (exact) mass is 620 g/mol. The van der Waals surface area contributed by atoms with Crippen LogP contribution in [0.4, 0.5) is 28.8 Å². The van der Waals surface area contributed by atoms with Gasteiger partial charge in [-0.1, -0.05) is 23.7 Å². The van der Waals surface area contributed by atoms with Gasteiger partial charge >= 0.3 is 0 Å². The summed E-state index contributed by atoms with van der Waals surface area (Å²) < 4.78 is 19.3. The van der Waals surface area contributed by atoms with Gasteiger partial charge in [0.15, 0.2) is 0 Å². The largest absolute Gasteiger partial charge is 0.489 e. The summed E-state index contributed by atoms with van der Waals surface area (Å²) in [5.41, 5.74) is 3.16. The van der Waals surface area contributed by atoms with Gasteiger partial charge in [-0.2, -0.15) is 9.97 Å². The van der Waals surface area contributed by atoms with Gasteiger partial charge in [0, 0.05) is 48.9 Å². The predicted molar refractivity (Wildman–Crippen MR) is 176 cm³/mol. The van der Waals surface area contributed by atoms with Gasteiger partial charge in [0.2, 0.25) is 5.95 Å². The molecule has 7 rings (SSSR count). The molecule has 0 bridgehead atoms. The number of para-hydroxylation sites is 1. The topological polar surface area (TPSA) is 102 Å². The quantitative estimate of drug-likeness (QED) is 0.247. The second-order valence-corrected chi connectivity index (χ2v) is 15.8. The molecule has 2 saturated heterocycles. The van der Waals surface area contributed by atoms with E-state index in [9.17, 15) is 4.57 Å². The molecule has 10 nitrogen and oxygen atoms in total. The third-order valence-corrected chi connectivity index (χ3v) is 10.7. The van der Waals surface area contributed by atoms with Gasteiger partial charge in [-0.05, 0) is 70.6 Å². The third-order valence-electron chi connectivity index (χ3n) is 8.87. The summed E-state index contributed by atoms with van der Waals surface area (Å²) in [6.07, 6.45) is 4.29. The van der Waals surface area contributed by atoms with Crippen molar-refractivity contribution in [3.8, 4) is 5.75 Å². The van der Waals surface area contributed by atoms with Crippen molar-refractivity contribution in [2.24, 2.45) is 0 Å². The normalized spacial score (nSPS) is 20.0. The van der Waals surface area contributed by atoms with Crippen LogP contribution in [0.1, 0.15) is 12.8 Å². The Hall–Kier alpha value is -3.30. The zero-order valence-electron chi connectivity index (χ0n) is 24.8. The Balaban J connectivity index is 1.12. The molecule has 0 unspecified atom stereocenters. The highest BCUT2D eigenvalue weighted by molar-refractivity contribution is 7.70. The molecule has 43 heavy (non-hydrogen) atoms. The van der Waals surface area contributed by atoms with E-state index < -0.39 is 7.14 Å². The average molecular weight is 621 g/mol. The first-order chi connectivity index (χ1) is 20.7. The highest BCUT2D eigenvalue weighted by Gasteiger charge is 2.37. The van der Waals surface area contributed by atoms with Crippen molar-refractivity contribution in [1.29, 1.82) is 0 Å². The Morgan fingerprint density at radius 3 is 2.65 bits per heavy atom. The van der Waals surface area contributed by atoms with E-state index in [1.54, 1.807) is 13.3 Å². The fourth-order valence-electron chi connectivity index (χ4n) is 6.63. The Labute approximate surface area is 257 Å². The maximum absolute atomic E-state index is 13.0. The molecule has 4 aromatic rings. The number of aromatic nitrogens is 3. The van der Waals surface area contributed by atoms with Crippen LogP contribution in [0, 0.1) is 0 Å². The van der Waals surface area contributed by atoms with E-state index in [1.165, 1.54) is 25.9 Å². The van der Waals surface area contributed by atoms with Gasteiger partial charge in [0.1, 0.15) is 31.0 Å². The molecule has 226 valence electrons. The SMILES string of the molecule is CN1CCC(N2CCN3c4c(Cl)cc(Nc5nc(Nc6ccccc6P(C)(C)=O)c6cc[nH]c6n5)cc4OC[C@H]3C2)CC1. The standard InChI is InChI=1S/C31H38ClN8O2P/c1-38-12-9-21(10-13-38)39-14-15-40-22(18-39)19-42-26-17-20(16-24(32)28(26)40)34-31-36-29-23(8-11-33-29)30(37-31)35-25-6-4-5-7-27(25)43(2,3)41/h4-8,11,16-17,21-22H,9-10,12-15,18-19H2,1-3H3,(H3,33,34,35,36,37)/t22-/m1/s1. The van der Waals surface area contributed by atoms with E-state index in [0.717, 1.165) is 53.1 Å². The highest BCUT2D eigenvalue weighted by atomic mass is 35.5. The van der Waals surface area contributed by atoms with Gasteiger partial charge in [0.25, 0.3) is 0 Å². The number of nitrogens with zero attached hydrogens (tertiary/aromatic N) is 5. The second kappa shape index (κ2) is 11.3. The Morgan fingerprint density at radius 2 is 1.84 bits per heavy atom. The molecule has 0 saturated carbocycles. The summed E-state index contributed by atoms with van der Waals surface area (Å²) in [5, 5.41) is 9.00. The van der Waals surface area contributed by atoms with E-state index in [4.69, 9.17) is 26.3 Å². The van der Waals surface area contributed by atoms with Crippen LogP contribution in [0.3, 0.4) is 0 Å². The first-order valence-corrected chi connectivity index (χ1v) is 17.9. The van der Waals surface area contributed by atoms with Crippen molar-refractivity contribution in [1.82, 2.24) is 24.8 Å². The molecular formula is C31H38ClN8O2P. The van der Waals surface area contributed by atoms with Crippen LogP contribution in [0.15, 0.2) is 48.7 Å². The minimum atomic E-state index is -2.51. The van der Waals surface area contributed by atoms with Crippen molar-refractivity contribution in [2.75, 3.05) is 75.2 Å². The van der Waals surface area contributed by atoms with Gasteiger partial charge in [-0.15, -0.1) is 0 Å². The van der Waals surface area contributed by atoms with Crippen molar-refractivity contribution in [3.63, 3.8) is 0 Å². The lowest BCUT2D eigenvalue weighted by Gasteiger charge is -2.49. The van der Waals surface area contributed by atoms with E-state index in [-0.39, 0.29) is 6.04 Å². The number of hydrogen-bond donors (Lipinski definition) is 3. The average Bonchev–Trinajstić information content (AvgIpc) is 3.46. The molecule has 0 radical (unpaired) electrons. The summed E-state index contributed by atoms with van der Waals surface area (Å²) in [6, 6.07) is 14.4. The lowest BCUT2D eigenvalue weighted by molar-refractivity contribution is 0.0868. The van der Waals surface area contributed by atoms with Crippen LogP contribution < -0.4 is 25.6 Å². The van der Waals surface area contributed by atoms with Crippen LogP contribution in [0.5, 0.6) is 5.75 Å². The van der Waals surface area contributed by atoms with E-state index in [2.05, 4.69) is 37.4 Å². The summed E-state index contributed by atoms with van der Waals surface area (Å²) in [6.45, 7) is 9.48. The highest BCUT2D eigenvalue weighted by Crippen LogP contribution is 2.44. The summed E-state index contributed by atoms with van der Waals surface area (Å²) in [4.78, 5) is 20.2. The number of piperidine rings is 1. The van der Waals surface area contributed by atoms with E-state index >= 15 is 0 Å². The first-order valence-electron chi connectivity index (χ1n) is 14.9. The summed E-state index contributed by atoms with van der Waals surface area (Å²) in [7, 11) is -0.300. The molecule has 5 heterocycles. The van der Waals surface area contributed by atoms with Crippen LogP contribution in [-0.2, 0) is 4.57 Å². The number of benzene rings is 2. The molecule has 0 aliphatic carbocycles. The minimum absolute atomic E-state index is 0.286. The number of anilines is 5. The lowest BCUT2D eigenvalue weighted by Crippen LogP contribution is -2.60. The number of halogens is 1. The van der Waals surface area contributed by atoms with E-state index in [0.29, 0.717) is 35.1 Å². The molecule has 12 heteroatoms. The van der Waals surface area contributed by atoms with Crippen molar-refractivity contribution >= 4 is 63.9 Å². The number of likely N-dealkylation sites (tertiary alicyclic amines) is 1. The fourth-order valence-corrected chi connectivity index (χ4v) is 8.10. The molecular weight excluding hydrogens is 583 g/mol. The number of piperazine rings is 1. The van der Waals surface area contributed by atoms with Gasteiger partial charge < -0.3 is 34.7 Å². The minimum Gasteiger partial charge on any atom is -0.489 e. The Morgan fingerprint density at radius 1 is 1.02 bits per heavy atom. The van der Waals surface area contributed by atoms with Crippen LogP contribution in [0.2, 0.25) is 5.02 Å². The maximum Gasteiger partial charge on any atom is 0.231 e. The molecule has 3 aliphatic heterocycles. The molecule has 0 amide bonds. The Kier molecular flexibility index (Phi) is 7.50. The lowest BCUT2D eigenvalue weighted by atomic mass is 10.00. The first kappa shape index (κ1) is 28.5. The zero-order chi connectivity index (χ0) is 29.7. The Bertz CT molecular complexity index is 1700. The summed E-state index contributed by atoms with van der Waals surface area (Å²) >= 11 is 6.94. The fraction of sp³-hybridized carbons (Fsp3) is 0.419. The molecule has 3 N–H and O–H groups in total. The molecule has 2 aromatic heterocycles. The predicted octanol–water partition coefficient (Wildman–Crippen LogP) is 5.32. The number of nitrogens with one attached hydrogen (secondary N) is 3. The number of H-pyrrole nitrogens is 1. The van der Waals surface area contributed by atoms with Crippen molar-refractivity contribution < 1.29 is 9.30 Å². The number of fused-ring (bicyclic) bond motifs is 4. The number of rotatable bonds is 6. The molecule has 3 aliphatic rings. The number of ether oxygens (including phenoxy) is 1. The molecule has 2 fully saturated rings. The van der Waals surface area contributed by atoms with Gasteiger partial charge in [-0.25, -0.2) is 0 Å². The van der Waals surface area contributed by atoms with Crippen LogP contribution in [-0.4, -0.2) is 96.5 Å². The third kappa shape index (κ3) is 5.69. The van der Waals surface area contributed by atoms with Crippen LogP contribution in [0.25, 0.3) is 11.0 Å². The molecule has 2 aromatic carbocycles. The van der Waals surface area contributed by atoms with Crippen LogP contribution >= 0.6 is 18.7 Å². The van der Waals surface area contributed by atoms with Crippen molar-refractivity contribution in [2.45, 2.75) is 24.9 Å². The second-order valence-electron chi connectivity index (χ2n) is 12.2. The van der Waals surface area contributed by atoms with E-state index in [1.807, 2.05) is 48.7 Å². The van der Waals surface area contributed by atoms with Crippen molar-refractivity contribution in [3.05, 3.63) is 53.7 Å². The molecule has 0 spiro atoms. The maximum atomic E-state index is 13.0. The number of aromatic amines is 1. The van der Waals surface area contributed by atoms with Gasteiger partial charge in [-0.3, -0.25) is 4.90 Å². The zero-order valence-corrected chi connectivity index (χ0v) is 26.5. The summed E-state index contributed by atoms with van der Waals surface area (Å²) in [5.74, 6) is 1.79. The smallest absolute Gasteiger partial charge is 0.231 e.